The third-order valence-corrected chi connectivity index (χ3v) is 6.77. The fraction of sp³-hybridized carbons (Fsp3) is 0.577. The first-order valence-electron chi connectivity index (χ1n) is 12.0. The number of hydrogen-bond donors (Lipinski definition) is 0. The number of amides is 1. The summed E-state index contributed by atoms with van der Waals surface area (Å²) in [6.45, 7) is 8.97. The number of aryl methyl sites for hydroxylation is 1. The van der Waals surface area contributed by atoms with E-state index in [0.29, 0.717) is 17.2 Å². The Hall–Kier alpha value is -2.47. The fourth-order valence-corrected chi connectivity index (χ4v) is 4.66. The van der Waals surface area contributed by atoms with Crippen molar-refractivity contribution in [3.63, 3.8) is 0 Å². The third kappa shape index (κ3) is 5.47. The van der Waals surface area contributed by atoms with Gasteiger partial charge in [-0.05, 0) is 69.8 Å². The zero-order valence-electron chi connectivity index (χ0n) is 19.6. The summed E-state index contributed by atoms with van der Waals surface area (Å²) in [7, 11) is 1.64. The Bertz CT molecular complexity index is 895. The lowest BCUT2D eigenvalue weighted by atomic mass is 10.0. The maximum absolute atomic E-state index is 13.0. The average molecular weight is 441 g/mol. The minimum absolute atomic E-state index is 0.0692. The molecule has 1 aromatic heterocycles. The number of methoxy groups -OCH3 is 1. The predicted octanol–water partition coefficient (Wildman–Crippen LogP) is 4.87. The van der Waals surface area contributed by atoms with Crippen LogP contribution in [0.25, 0.3) is 0 Å². The number of carbonyl (C=O) groups is 1. The van der Waals surface area contributed by atoms with Crippen LogP contribution in [-0.4, -0.2) is 61.6 Å². The van der Waals surface area contributed by atoms with Crippen LogP contribution in [0.15, 0.2) is 34.7 Å². The number of nitrogens with zero attached hydrogens (tertiary/aromatic N) is 2. The number of ether oxygens (including phenoxy) is 2. The van der Waals surface area contributed by atoms with E-state index in [4.69, 9.17) is 13.9 Å². The van der Waals surface area contributed by atoms with Crippen LogP contribution >= 0.6 is 0 Å². The molecule has 4 rings (SSSR count). The molecule has 0 saturated carbocycles. The highest BCUT2D eigenvalue weighted by molar-refractivity contribution is 5.97. The number of likely N-dealkylation sites (tertiary alicyclic amines) is 2. The van der Waals surface area contributed by atoms with Crippen molar-refractivity contribution in [2.45, 2.75) is 58.0 Å². The van der Waals surface area contributed by atoms with E-state index >= 15 is 0 Å². The van der Waals surface area contributed by atoms with Crippen LogP contribution in [-0.2, 0) is 0 Å². The first-order valence-corrected chi connectivity index (χ1v) is 12.0. The first kappa shape index (κ1) is 22.7. The summed E-state index contributed by atoms with van der Waals surface area (Å²) in [5.74, 6) is 3.92. The van der Waals surface area contributed by atoms with Crippen molar-refractivity contribution < 1.29 is 18.7 Å². The van der Waals surface area contributed by atoms with Crippen molar-refractivity contribution >= 4 is 5.91 Å². The molecule has 2 aliphatic heterocycles. The Kier molecular flexibility index (Phi) is 7.40. The molecule has 0 radical (unpaired) electrons. The van der Waals surface area contributed by atoms with E-state index in [0.717, 1.165) is 82.1 Å². The molecule has 0 spiro atoms. The van der Waals surface area contributed by atoms with Gasteiger partial charge < -0.3 is 23.7 Å². The van der Waals surface area contributed by atoms with Gasteiger partial charge in [0.1, 0.15) is 29.1 Å². The quantitative estimate of drug-likeness (QED) is 0.586. The van der Waals surface area contributed by atoms with Gasteiger partial charge in [-0.15, -0.1) is 0 Å². The summed E-state index contributed by atoms with van der Waals surface area (Å²) in [6.07, 6.45) is 5.28. The molecule has 1 atom stereocenters. The average Bonchev–Trinajstić information content (AvgIpc) is 3.50. The molecule has 32 heavy (non-hydrogen) atoms. The SMILES string of the molecule is COc1ccc(C(=O)N2CCCC2)c(OC2CCN(CCC(C)c3ccc(C)o3)CC2)c1. The molecule has 3 heterocycles. The zero-order chi connectivity index (χ0) is 22.5. The molecule has 0 N–H and O–H groups in total. The van der Waals surface area contributed by atoms with Crippen molar-refractivity contribution in [3.8, 4) is 11.5 Å². The van der Waals surface area contributed by atoms with Crippen molar-refractivity contribution in [1.82, 2.24) is 9.80 Å². The summed E-state index contributed by atoms with van der Waals surface area (Å²) < 4.78 is 17.6. The summed E-state index contributed by atoms with van der Waals surface area (Å²) in [6, 6.07) is 9.69. The summed E-state index contributed by atoms with van der Waals surface area (Å²) in [5, 5.41) is 0. The Balaban J connectivity index is 1.32. The fourth-order valence-electron chi connectivity index (χ4n) is 4.66. The van der Waals surface area contributed by atoms with Crippen LogP contribution in [0.4, 0.5) is 0 Å². The second-order valence-corrected chi connectivity index (χ2v) is 9.16. The van der Waals surface area contributed by atoms with Gasteiger partial charge in [-0.1, -0.05) is 6.92 Å². The van der Waals surface area contributed by atoms with Gasteiger partial charge in [-0.25, -0.2) is 0 Å². The van der Waals surface area contributed by atoms with Gasteiger partial charge in [0.15, 0.2) is 0 Å². The molecule has 1 unspecified atom stereocenters. The smallest absolute Gasteiger partial charge is 0.257 e. The highest BCUT2D eigenvalue weighted by Gasteiger charge is 2.26. The summed E-state index contributed by atoms with van der Waals surface area (Å²) >= 11 is 0. The lowest BCUT2D eigenvalue weighted by Gasteiger charge is -2.33. The molecule has 6 nitrogen and oxygen atoms in total. The van der Waals surface area contributed by atoms with Crippen LogP contribution in [0.3, 0.4) is 0 Å². The standard InChI is InChI=1S/C26H36N2O4/c1-19(24-9-6-20(2)31-24)10-15-27-16-11-21(12-17-27)32-25-18-22(30-3)7-8-23(25)26(29)28-13-4-5-14-28/h6-9,18-19,21H,4-5,10-17H2,1-3H3. The number of hydrogen-bond acceptors (Lipinski definition) is 5. The van der Waals surface area contributed by atoms with Gasteiger partial charge in [0, 0.05) is 38.2 Å². The van der Waals surface area contributed by atoms with E-state index in [-0.39, 0.29) is 12.0 Å². The molecule has 1 amide bonds. The van der Waals surface area contributed by atoms with Crippen LogP contribution < -0.4 is 9.47 Å². The highest BCUT2D eigenvalue weighted by atomic mass is 16.5. The number of rotatable bonds is 8. The molecule has 1 aromatic carbocycles. The van der Waals surface area contributed by atoms with Gasteiger partial charge in [-0.3, -0.25) is 4.79 Å². The molecule has 6 heteroatoms. The van der Waals surface area contributed by atoms with E-state index in [2.05, 4.69) is 17.9 Å². The Morgan fingerprint density at radius 2 is 1.88 bits per heavy atom. The molecule has 2 aliphatic rings. The lowest BCUT2D eigenvalue weighted by Crippen LogP contribution is -2.39. The largest absolute Gasteiger partial charge is 0.497 e. The molecular formula is C26H36N2O4. The third-order valence-electron chi connectivity index (χ3n) is 6.77. The second kappa shape index (κ2) is 10.4. The molecule has 0 bridgehead atoms. The molecule has 2 saturated heterocycles. The molecule has 2 fully saturated rings. The molecule has 0 aliphatic carbocycles. The van der Waals surface area contributed by atoms with Crippen molar-refractivity contribution in [3.05, 3.63) is 47.4 Å². The zero-order valence-corrected chi connectivity index (χ0v) is 19.6. The highest BCUT2D eigenvalue weighted by Crippen LogP contribution is 2.30. The van der Waals surface area contributed by atoms with Crippen LogP contribution in [0.2, 0.25) is 0 Å². The number of benzene rings is 1. The number of furan rings is 1. The van der Waals surface area contributed by atoms with E-state index in [1.165, 1.54) is 0 Å². The molecule has 174 valence electrons. The van der Waals surface area contributed by atoms with E-state index in [1.807, 2.05) is 36.1 Å². The number of carbonyl (C=O) groups excluding carboxylic acids is 1. The molecular weight excluding hydrogens is 404 g/mol. The predicted molar refractivity (Wildman–Crippen MR) is 125 cm³/mol. The Morgan fingerprint density at radius 3 is 2.53 bits per heavy atom. The van der Waals surface area contributed by atoms with Gasteiger partial charge in [0.05, 0.1) is 12.7 Å². The Labute approximate surface area is 191 Å². The molecule has 2 aromatic rings. The normalized spacial score (nSPS) is 18.7. The van der Waals surface area contributed by atoms with E-state index in [9.17, 15) is 4.79 Å². The first-order chi connectivity index (χ1) is 15.5. The van der Waals surface area contributed by atoms with Gasteiger partial charge >= 0.3 is 0 Å². The van der Waals surface area contributed by atoms with E-state index in [1.54, 1.807) is 7.11 Å². The van der Waals surface area contributed by atoms with Gasteiger partial charge in [0.25, 0.3) is 5.91 Å². The maximum atomic E-state index is 13.0. The van der Waals surface area contributed by atoms with Crippen LogP contribution in [0, 0.1) is 6.92 Å². The second-order valence-electron chi connectivity index (χ2n) is 9.16. The van der Waals surface area contributed by atoms with Crippen molar-refractivity contribution in [1.29, 1.82) is 0 Å². The minimum atomic E-state index is 0.0692. The monoisotopic (exact) mass is 440 g/mol. The van der Waals surface area contributed by atoms with Gasteiger partial charge in [-0.2, -0.15) is 0 Å². The Morgan fingerprint density at radius 1 is 1.12 bits per heavy atom. The maximum Gasteiger partial charge on any atom is 0.257 e. The minimum Gasteiger partial charge on any atom is -0.497 e. The summed E-state index contributed by atoms with van der Waals surface area (Å²) in [5.41, 5.74) is 0.651. The van der Waals surface area contributed by atoms with Crippen molar-refractivity contribution in [2.75, 3.05) is 39.8 Å². The van der Waals surface area contributed by atoms with Crippen LogP contribution in [0.1, 0.15) is 66.8 Å². The van der Waals surface area contributed by atoms with Crippen molar-refractivity contribution in [2.24, 2.45) is 0 Å². The topological polar surface area (TPSA) is 55.1 Å². The number of piperidine rings is 1. The van der Waals surface area contributed by atoms with Gasteiger partial charge in [0.2, 0.25) is 0 Å². The summed E-state index contributed by atoms with van der Waals surface area (Å²) in [4.78, 5) is 17.5. The van der Waals surface area contributed by atoms with E-state index < -0.39 is 0 Å². The van der Waals surface area contributed by atoms with Crippen LogP contribution in [0.5, 0.6) is 11.5 Å². The lowest BCUT2D eigenvalue weighted by molar-refractivity contribution is 0.0766.